The summed E-state index contributed by atoms with van der Waals surface area (Å²) in [7, 11) is 0. The summed E-state index contributed by atoms with van der Waals surface area (Å²) in [5.74, 6) is 3.17. The largest absolute Gasteiger partial charge is 0.311 e. The van der Waals surface area contributed by atoms with Crippen molar-refractivity contribution in [2.24, 2.45) is 5.92 Å². The van der Waals surface area contributed by atoms with E-state index in [2.05, 4.69) is 25.2 Å². The molecule has 1 aromatic rings. The van der Waals surface area contributed by atoms with Crippen molar-refractivity contribution in [3.63, 3.8) is 0 Å². The van der Waals surface area contributed by atoms with Gasteiger partial charge in [-0.05, 0) is 23.8 Å². The molecule has 2 nitrogen and oxygen atoms in total. The van der Waals surface area contributed by atoms with Gasteiger partial charge in [0.1, 0.15) is 10.9 Å². The van der Waals surface area contributed by atoms with E-state index < -0.39 is 0 Å². The minimum Gasteiger partial charge on any atom is -0.311 e. The van der Waals surface area contributed by atoms with Crippen LogP contribution in [-0.2, 0) is 6.54 Å². The van der Waals surface area contributed by atoms with Crippen molar-refractivity contribution >= 4 is 23.1 Å². The van der Waals surface area contributed by atoms with Crippen LogP contribution in [0.2, 0.25) is 0 Å². The molecule has 1 heterocycles. The first kappa shape index (κ1) is 13.6. The molecule has 0 saturated heterocycles. The Morgan fingerprint density at radius 2 is 2.31 bits per heavy atom. The molecule has 0 amide bonds. The van der Waals surface area contributed by atoms with E-state index in [0.29, 0.717) is 0 Å². The molecule has 0 unspecified atom stereocenters. The summed E-state index contributed by atoms with van der Waals surface area (Å²) in [6, 6.07) is 6.07. The Hall–Kier alpha value is -0.500. The SMILES string of the molecule is CC(C)CSCCNCc1ccc(C#N)s1. The summed E-state index contributed by atoms with van der Waals surface area (Å²) in [5.41, 5.74) is 0. The average molecular weight is 254 g/mol. The highest BCUT2D eigenvalue weighted by Gasteiger charge is 1.98. The van der Waals surface area contributed by atoms with Crippen LogP contribution in [-0.4, -0.2) is 18.1 Å². The Labute approximate surface area is 106 Å². The van der Waals surface area contributed by atoms with Gasteiger partial charge in [0.2, 0.25) is 0 Å². The molecule has 0 saturated carbocycles. The molecule has 4 heteroatoms. The molecule has 1 rings (SSSR count). The third-order valence-electron chi connectivity index (χ3n) is 1.95. The molecule has 0 bridgehead atoms. The molecule has 88 valence electrons. The van der Waals surface area contributed by atoms with Gasteiger partial charge in [-0.25, -0.2) is 0 Å². The van der Waals surface area contributed by atoms with Crippen molar-refractivity contribution in [1.82, 2.24) is 5.32 Å². The Kier molecular flexibility index (Phi) is 6.55. The van der Waals surface area contributed by atoms with Gasteiger partial charge in [0.25, 0.3) is 0 Å². The van der Waals surface area contributed by atoms with Crippen LogP contribution in [0.4, 0.5) is 0 Å². The predicted octanol–water partition coefficient (Wildman–Crippen LogP) is 3.10. The lowest BCUT2D eigenvalue weighted by Crippen LogP contribution is -2.16. The summed E-state index contributed by atoms with van der Waals surface area (Å²) in [6.07, 6.45) is 0. The summed E-state index contributed by atoms with van der Waals surface area (Å²) in [5, 5.41) is 12.1. The van der Waals surface area contributed by atoms with Gasteiger partial charge in [-0.1, -0.05) is 13.8 Å². The third kappa shape index (κ3) is 5.55. The smallest absolute Gasteiger partial charge is 0.110 e. The molecule has 0 spiro atoms. The molecule has 0 aliphatic carbocycles. The lowest BCUT2D eigenvalue weighted by molar-refractivity contribution is 0.732. The zero-order chi connectivity index (χ0) is 11.8. The number of nitriles is 1. The summed E-state index contributed by atoms with van der Waals surface area (Å²) in [4.78, 5) is 2.04. The summed E-state index contributed by atoms with van der Waals surface area (Å²) < 4.78 is 0. The van der Waals surface area contributed by atoms with E-state index in [1.807, 2.05) is 23.9 Å². The molecule has 1 N–H and O–H groups in total. The second kappa shape index (κ2) is 7.72. The van der Waals surface area contributed by atoms with Crippen molar-refractivity contribution in [1.29, 1.82) is 5.26 Å². The first-order chi connectivity index (χ1) is 7.72. The highest BCUT2D eigenvalue weighted by atomic mass is 32.2. The molecule has 16 heavy (non-hydrogen) atoms. The van der Waals surface area contributed by atoms with Gasteiger partial charge in [0, 0.05) is 23.7 Å². The molecule has 0 radical (unpaired) electrons. The standard InChI is InChI=1S/C12H18N2S2/c1-10(2)9-15-6-5-14-8-12-4-3-11(7-13)16-12/h3-4,10,14H,5-6,8-9H2,1-2H3. The van der Waals surface area contributed by atoms with E-state index >= 15 is 0 Å². The first-order valence-corrected chi connectivity index (χ1v) is 7.46. The van der Waals surface area contributed by atoms with Crippen LogP contribution in [0, 0.1) is 17.2 Å². The van der Waals surface area contributed by atoms with Crippen LogP contribution in [0.25, 0.3) is 0 Å². The predicted molar refractivity (Wildman–Crippen MR) is 72.9 cm³/mol. The quantitative estimate of drug-likeness (QED) is 0.760. The lowest BCUT2D eigenvalue weighted by atomic mass is 10.3. The van der Waals surface area contributed by atoms with Gasteiger partial charge in [-0.15, -0.1) is 11.3 Å². The first-order valence-electron chi connectivity index (χ1n) is 5.49. The van der Waals surface area contributed by atoms with E-state index in [1.165, 1.54) is 10.6 Å². The fourth-order valence-electron chi connectivity index (χ4n) is 1.21. The van der Waals surface area contributed by atoms with Crippen LogP contribution >= 0.6 is 23.1 Å². The molecule has 0 atom stereocenters. The number of hydrogen-bond acceptors (Lipinski definition) is 4. The van der Waals surface area contributed by atoms with Crippen molar-refractivity contribution < 1.29 is 0 Å². The van der Waals surface area contributed by atoms with Gasteiger partial charge >= 0.3 is 0 Å². The highest BCUT2D eigenvalue weighted by Crippen LogP contribution is 2.14. The molecule has 0 aromatic carbocycles. The monoisotopic (exact) mass is 254 g/mol. The number of nitrogens with zero attached hydrogens (tertiary/aromatic N) is 1. The Morgan fingerprint density at radius 1 is 1.50 bits per heavy atom. The Morgan fingerprint density at radius 3 is 2.94 bits per heavy atom. The van der Waals surface area contributed by atoms with E-state index in [4.69, 9.17) is 5.26 Å². The zero-order valence-electron chi connectivity index (χ0n) is 9.82. The number of rotatable bonds is 7. The number of hydrogen-bond donors (Lipinski definition) is 1. The van der Waals surface area contributed by atoms with Crippen molar-refractivity contribution in [2.45, 2.75) is 20.4 Å². The molecular formula is C12H18N2S2. The third-order valence-corrected chi connectivity index (χ3v) is 4.33. The second-order valence-corrected chi connectivity index (χ2v) is 6.34. The number of thiophene rings is 1. The molecule has 0 aliphatic heterocycles. The van der Waals surface area contributed by atoms with Crippen molar-refractivity contribution in [2.75, 3.05) is 18.1 Å². The fraction of sp³-hybridized carbons (Fsp3) is 0.583. The zero-order valence-corrected chi connectivity index (χ0v) is 11.5. The van der Waals surface area contributed by atoms with Crippen LogP contribution in [0.1, 0.15) is 23.6 Å². The highest BCUT2D eigenvalue weighted by molar-refractivity contribution is 7.99. The van der Waals surface area contributed by atoms with Crippen LogP contribution < -0.4 is 5.32 Å². The maximum Gasteiger partial charge on any atom is 0.110 e. The molecular weight excluding hydrogens is 236 g/mol. The summed E-state index contributed by atoms with van der Waals surface area (Å²) >= 11 is 3.57. The van der Waals surface area contributed by atoms with Gasteiger partial charge < -0.3 is 5.32 Å². The number of thioether (sulfide) groups is 1. The fourth-order valence-corrected chi connectivity index (χ4v) is 2.91. The molecule has 1 aromatic heterocycles. The van der Waals surface area contributed by atoms with E-state index in [0.717, 1.165) is 29.6 Å². The maximum atomic E-state index is 8.68. The van der Waals surface area contributed by atoms with E-state index in [9.17, 15) is 0 Å². The van der Waals surface area contributed by atoms with Crippen LogP contribution in [0.15, 0.2) is 12.1 Å². The van der Waals surface area contributed by atoms with Gasteiger partial charge in [0.15, 0.2) is 0 Å². The summed E-state index contributed by atoms with van der Waals surface area (Å²) in [6.45, 7) is 6.41. The number of nitrogens with one attached hydrogen (secondary N) is 1. The van der Waals surface area contributed by atoms with Gasteiger partial charge in [0.05, 0.1) is 0 Å². The van der Waals surface area contributed by atoms with E-state index in [-0.39, 0.29) is 0 Å². The maximum absolute atomic E-state index is 8.68. The lowest BCUT2D eigenvalue weighted by Gasteiger charge is -2.05. The van der Waals surface area contributed by atoms with Crippen molar-refractivity contribution in [3.8, 4) is 6.07 Å². The Bertz CT molecular complexity index is 339. The Balaban J connectivity index is 2.05. The van der Waals surface area contributed by atoms with E-state index in [1.54, 1.807) is 11.3 Å². The second-order valence-electron chi connectivity index (χ2n) is 4.02. The minimum atomic E-state index is 0.778. The van der Waals surface area contributed by atoms with Crippen molar-refractivity contribution in [3.05, 3.63) is 21.9 Å². The van der Waals surface area contributed by atoms with Crippen LogP contribution in [0.3, 0.4) is 0 Å². The average Bonchev–Trinajstić information content (AvgIpc) is 2.70. The molecule has 0 fully saturated rings. The normalized spacial score (nSPS) is 10.6. The molecule has 0 aliphatic rings. The topological polar surface area (TPSA) is 35.8 Å². The van der Waals surface area contributed by atoms with Gasteiger partial charge in [-0.2, -0.15) is 17.0 Å². The van der Waals surface area contributed by atoms with Crippen LogP contribution in [0.5, 0.6) is 0 Å². The minimum absolute atomic E-state index is 0.778. The van der Waals surface area contributed by atoms with Gasteiger partial charge in [-0.3, -0.25) is 0 Å².